The molecule has 1 fully saturated rings. The molecule has 0 aliphatic heterocycles. The third kappa shape index (κ3) is 4.42. The van der Waals surface area contributed by atoms with Crippen LogP contribution in [0.3, 0.4) is 0 Å². The number of benzene rings is 2. The van der Waals surface area contributed by atoms with Gasteiger partial charge in [0.2, 0.25) is 5.91 Å². The number of carbonyl (C=O) groups is 2. The van der Waals surface area contributed by atoms with Crippen molar-refractivity contribution in [2.45, 2.75) is 17.7 Å². The van der Waals surface area contributed by atoms with Crippen molar-refractivity contribution in [3.05, 3.63) is 52.0 Å². The summed E-state index contributed by atoms with van der Waals surface area (Å²) in [6.07, 6.45) is 0.333. The minimum absolute atomic E-state index is 0.00402. The quantitative estimate of drug-likeness (QED) is 0.524. The average molecular weight is 463 g/mol. The first-order valence-corrected chi connectivity index (χ1v) is 9.64. The second-order valence-electron chi connectivity index (χ2n) is 6.63. The molecule has 1 aliphatic carbocycles. The summed E-state index contributed by atoms with van der Waals surface area (Å²) in [5.41, 5.74) is -0.130. The van der Waals surface area contributed by atoms with Crippen LogP contribution in [0, 0.1) is 24.5 Å². The van der Waals surface area contributed by atoms with E-state index in [1.54, 1.807) is 0 Å². The van der Waals surface area contributed by atoms with Crippen molar-refractivity contribution < 1.29 is 18.4 Å². The summed E-state index contributed by atoms with van der Waals surface area (Å²) in [6.45, 7) is 1.26. The maximum atomic E-state index is 14.4. The molecule has 5 nitrogen and oxygen atoms in total. The first-order chi connectivity index (χ1) is 13.5. The lowest BCUT2D eigenvalue weighted by Gasteiger charge is -2.14. The molecule has 3 N–H and O–H groups in total. The zero-order valence-electron chi connectivity index (χ0n) is 15.3. The number of hydrogen-bond donors (Lipinski definition) is 3. The van der Waals surface area contributed by atoms with E-state index in [1.165, 1.54) is 32.2 Å². The minimum atomic E-state index is -1.08. The van der Waals surface area contributed by atoms with Gasteiger partial charge in [-0.1, -0.05) is 11.6 Å². The van der Waals surface area contributed by atoms with E-state index in [-0.39, 0.29) is 33.4 Å². The van der Waals surface area contributed by atoms with Crippen LogP contribution in [0.1, 0.15) is 22.3 Å². The standard InChI is InChI=1S/C19H16Cl3F2N3O2/c1-8-15(23)13(25-2)6-14(16(8)24)27-17(28)10-5-9(3-4-12(10)20)26-18(29)11-7-19(11,21)22/h3-6,11,25H,7H2,1-2H3,(H,26,29)(H,27,28)/t11-/m1/s1. The summed E-state index contributed by atoms with van der Waals surface area (Å²) in [6, 6.07) is 5.41. The minimum Gasteiger partial charge on any atom is -0.386 e. The number of rotatable bonds is 5. The van der Waals surface area contributed by atoms with Crippen LogP contribution in [-0.2, 0) is 4.79 Å². The van der Waals surface area contributed by atoms with E-state index in [1.807, 2.05) is 0 Å². The molecule has 0 spiro atoms. The number of alkyl halides is 2. The molecular formula is C19H16Cl3F2N3O2. The fourth-order valence-corrected chi connectivity index (χ4v) is 3.45. The van der Waals surface area contributed by atoms with Crippen LogP contribution in [-0.4, -0.2) is 23.2 Å². The molecule has 154 valence electrons. The number of halogens is 5. The van der Waals surface area contributed by atoms with Crippen LogP contribution >= 0.6 is 34.8 Å². The predicted octanol–water partition coefficient (Wildman–Crippen LogP) is 5.35. The molecule has 0 bridgehead atoms. The molecule has 0 radical (unpaired) electrons. The lowest BCUT2D eigenvalue weighted by atomic mass is 10.1. The number of hydrogen-bond acceptors (Lipinski definition) is 3. The second kappa shape index (κ2) is 7.97. The van der Waals surface area contributed by atoms with Crippen molar-refractivity contribution in [1.29, 1.82) is 0 Å². The maximum absolute atomic E-state index is 14.4. The van der Waals surface area contributed by atoms with E-state index in [0.29, 0.717) is 12.1 Å². The molecule has 1 atom stereocenters. The Balaban J connectivity index is 1.83. The smallest absolute Gasteiger partial charge is 0.257 e. The van der Waals surface area contributed by atoms with Gasteiger partial charge < -0.3 is 16.0 Å². The van der Waals surface area contributed by atoms with Crippen LogP contribution in [0.25, 0.3) is 0 Å². The van der Waals surface area contributed by atoms with Gasteiger partial charge in [-0.3, -0.25) is 9.59 Å². The van der Waals surface area contributed by atoms with Gasteiger partial charge in [-0.2, -0.15) is 0 Å². The Morgan fingerprint density at radius 1 is 1.10 bits per heavy atom. The van der Waals surface area contributed by atoms with Crippen molar-refractivity contribution in [3.63, 3.8) is 0 Å². The fourth-order valence-electron chi connectivity index (χ4n) is 2.74. The number of anilines is 3. The molecule has 2 aromatic rings. The van der Waals surface area contributed by atoms with E-state index >= 15 is 0 Å². The van der Waals surface area contributed by atoms with Crippen molar-refractivity contribution in [1.82, 2.24) is 0 Å². The van der Waals surface area contributed by atoms with Gasteiger partial charge in [0.15, 0.2) is 11.6 Å². The van der Waals surface area contributed by atoms with Crippen LogP contribution in [0.2, 0.25) is 5.02 Å². The van der Waals surface area contributed by atoms with E-state index in [2.05, 4.69) is 16.0 Å². The molecule has 0 saturated heterocycles. The van der Waals surface area contributed by atoms with Gasteiger partial charge in [-0.25, -0.2) is 8.78 Å². The Labute approximate surface area is 180 Å². The van der Waals surface area contributed by atoms with Crippen molar-refractivity contribution in [2.75, 3.05) is 23.0 Å². The molecular weight excluding hydrogens is 447 g/mol. The first kappa shape index (κ1) is 21.6. The SMILES string of the molecule is CNc1cc(NC(=O)c2cc(NC(=O)[C@H]3CC3(Cl)Cl)ccc2Cl)c(F)c(C)c1F. The Kier molecular flexibility index (Phi) is 5.94. The number of carbonyl (C=O) groups excluding carboxylic acids is 2. The van der Waals surface area contributed by atoms with E-state index in [4.69, 9.17) is 34.8 Å². The topological polar surface area (TPSA) is 70.2 Å². The van der Waals surface area contributed by atoms with Crippen LogP contribution < -0.4 is 16.0 Å². The largest absolute Gasteiger partial charge is 0.386 e. The third-order valence-electron chi connectivity index (χ3n) is 4.56. The highest BCUT2D eigenvalue weighted by molar-refractivity contribution is 6.52. The molecule has 29 heavy (non-hydrogen) atoms. The van der Waals surface area contributed by atoms with Gasteiger partial charge in [0.1, 0.15) is 4.33 Å². The summed E-state index contributed by atoms with van der Waals surface area (Å²) in [5.74, 6) is -3.31. The summed E-state index contributed by atoms with van der Waals surface area (Å²) >= 11 is 17.8. The van der Waals surface area contributed by atoms with Crippen molar-refractivity contribution in [2.24, 2.45) is 5.92 Å². The van der Waals surface area contributed by atoms with Crippen LogP contribution in [0.5, 0.6) is 0 Å². The first-order valence-electron chi connectivity index (χ1n) is 8.51. The summed E-state index contributed by atoms with van der Waals surface area (Å²) in [7, 11) is 1.47. The lowest BCUT2D eigenvalue weighted by Crippen LogP contribution is -2.18. The molecule has 0 heterocycles. The third-order valence-corrected chi connectivity index (χ3v) is 5.72. The van der Waals surface area contributed by atoms with Crippen LogP contribution in [0.15, 0.2) is 24.3 Å². The van der Waals surface area contributed by atoms with Crippen molar-refractivity contribution in [3.8, 4) is 0 Å². The number of amides is 2. The van der Waals surface area contributed by atoms with Gasteiger partial charge in [-0.05, 0) is 37.6 Å². The maximum Gasteiger partial charge on any atom is 0.257 e. The molecule has 2 aromatic carbocycles. The van der Waals surface area contributed by atoms with Gasteiger partial charge in [0.25, 0.3) is 5.91 Å². The second-order valence-corrected chi connectivity index (χ2v) is 8.58. The fraction of sp³-hybridized carbons (Fsp3) is 0.263. The molecule has 0 aromatic heterocycles. The molecule has 1 saturated carbocycles. The van der Waals surface area contributed by atoms with Gasteiger partial charge in [0.05, 0.1) is 27.9 Å². The Morgan fingerprint density at radius 3 is 2.31 bits per heavy atom. The predicted molar refractivity (Wildman–Crippen MR) is 111 cm³/mol. The van der Waals surface area contributed by atoms with E-state index < -0.39 is 27.8 Å². The van der Waals surface area contributed by atoms with Gasteiger partial charge in [0, 0.05) is 18.3 Å². The molecule has 2 amide bonds. The summed E-state index contributed by atoms with van der Waals surface area (Å²) in [4.78, 5) is 24.8. The highest BCUT2D eigenvalue weighted by atomic mass is 35.5. The zero-order valence-corrected chi connectivity index (χ0v) is 17.6. The van der Waals surface area contributed by atoms with Gasteiger partial charge in [-0.15, -0.1) is 23.2 Å². The summed E-state index contributed by atoms with van der Waals surface area (Å²) < 4.78 is 27.3. The van der Waals surface area contributed by atoms with Gasteiger partial charge >= 0.3 is 0 Å². The lowest BCUT2D eigenvalue weighted by molar-refractivity contribution is -0.117. The van der Waals surface area contributed by atoms with Crippen molar-refractivity contribution >= 4 is 63.7 Å². The number of nitrogens with one attached hydrogen (secondary N) is 3. The molecule has 1 aliphatic rings. The molecule has 10 heteroatoms. The average Bonchev–Trinajstić information content (AvgIpc) is 3.32. The van der Waals surface area contributed by atoms with Crippen LogP contribution in [0.4, 0.5) is 25.8 Å². The normalized spacial score (nSPS) is 16.9. The monoisotopic (exact) mass is 461 g/mol. The Morgan fingerprint density at radius 2 is 1.72 bits per heavy atom. The Hall–Kier alpha value is -2.09. The molecule has 0 unspecified atom stereocenters. The van der Waals surface area contributed by atoms with E-state index in [0.717, 1.165) is 6.07 Å². The highest BCUT2D eigenvalue weighted by Crippen LogP contribution is 2.53. The molecule has 3 rings (SSSR count). The Bertz CT molecular complexity index is 1010. The van der Waals surface area contributed by atoms with E-state index in [9.17, 15) is 18.4 Å². The zero-order chi connectivity index (χ0) is 21.5. The highest BCUT2D eigenvalue weighted by Gasteiger charge is 2.56. The summed E-state index contributed by atoms with van der Waals surface area (Å²) in [5, 5.41) is 7.67.